The van der Waals surface area contributed by atoms with E-state index < -0.39 is 0 Å². The molecule has 1 saturated heterocycles. The third-order valence-corrected chi connectivity index (χ3v) is 5.44. The number of aromatic nitrogens is 1. The highest BCUT2D eigenvalue weighted by Gasteiger charge is 2.16. The summed E-state index contributed by atoms with van der Waals surface area (Å²) in [5.41, 5.74) is 2.02. The number of rotatable bonds is 9. The molecule has 0 radical (unpaired) electrons. The smallest absolute Gasteiger partial charge is 0.196 e. The number of anilines is 2. The topological polar surface area (TPSA) is 74.3 Å². The maximum atomic E-state index is 5.68. The first-order valence-corrected chi connectivity index (χ1v) is 11.4. The minimum absolute atomic E-state index is 0. The van der Waals surface area contributed by atoms with Crippen LogP contribution >= 0.6 is 24.0 Å². The van der Waals surface area contributed by atoms with Crippen LogP contribution in [0.5, 0.6) is 11.5 Å². The molecule has 2 aromatic rings. The van der Waals surface area contributed by atoms with E-state index >= 15 is 0 Å². The molecule has 182 valence electrons. The van der Waals surface area contributed by atoms with E-state index in [4.69, 9.17) is 14.5 Å². The number of hydrogen-bond acceptors (Lipinski definition) is 6. The molecule has 0 unspecified atom stereocenters. The van der Waals surface area contributed by atoms with Crippen molar-refractivity contribution in [3.05, 3.63) is 42.1 Å². The molecule has 0 amide bonds. The summed E-state index contributed by atoms with van der Waals surface area (Å²) in [6.45, 7) is 13.4. The second-order valence-corrected chi connectivity index (χ2v) is 7.56. The fraction of sp³-hybridized carbons (Fsp3) is 0.500. The summed E-state index contributed by atoms with van der Waals surface area (Å²) >= 11 is 0. The molecule has 3 rings (SSSR count). The first-order chi connectivity index (χ1) is 15.7. The lowest BCUT2D eigenvalue weighted by molar-refractivity contribution is 0.270. The standard InChI is InChI=1S/C24H36N6O2.HI/c1-5-25-24(28-20-8-9-21(31-4)22(17-20)32-7-3)27-18-19-10-11-26-23(16-19)30-14-12-29(6-2)13-15-30;/h8-11,16-17H,5-7,12-15,18H2,1-4H3,(H2,25,27,28);1H. The molecule has 1 aromatic carbocycles. The number of halogens is 1. The van der Waals surface area contributed by atoms with Gasteiger partial charge in [0.2, 0.25) is 0 Å². The van der Waals surface area contributed by atoms with Gasteiger partial charge < -0.3 is 29.9 Å². The second-order valence-electron chi connectivity index (χ2n) is 7.56. The van der Waals surface area contributed by atoms with Gasteiger partial charge in [-0.2, -0.15) is 0 Å². The van der Waals surface area contributed by atoms with Gasteiger partial charge in [-0.25, -0.2) is 9.98 Å². The minimum atomic E-state index is 0. The molecule has 1 aliphatic heterocycles. The van der Waals surface area contributed by atoms with Crippen LogP contribution in [-0.4, -0.2) is 68.8 Å². The normalized spacial score (nSPS) is 14.4. The number of nitrogens with one attached hydrogen (secondary N) is 2. The molecule has 0 bridgehead atoms. The van der Waals surface area contributed by atoms with Crippen LogP contribution in [-0.2, 0) is 6.54 Å². The summed E-state index contributed by atoms with van der Waals surface area (Å²) in [5.74, 6) is 3.17. The molecular formula is C24H37IN6O2. The van der Waals surface area contributed by atoms with E-state index in [0.29, 0.717) is 24.7 Å². The predicted molar refractivity (Wildman–Crippen MR) is 147 cm³/mol. The molecule has 0 spiro atoms. The van der Waals surface area contributed by atoms with E-state index in [9.17, 15) is 0 Å². The van der Waals surface area contributed by atoms with Crippen LogP contribution < -0.4 is 25.0 Å². The molecule has 1 aliphatic rings. The number of piperazine rings is 1. The first-order valence-electron chi connectivity index (χ1n) is 11.4. The zero-order valence-electron chi connectivity index (χ0n) is 20.1. The van der Waals surface area contributed by atoms with Crippen molar-refractivity contribution in [3.63, 3.8) is 0 Å². The molecule has 9 heteroatoms. The SMILES string of the molecule is CCNC(=NCc1ccnc(N2CCN(CC)CC2)c1)Nc1ccc(OC)c(OCC)c1.I. The monoisotopic (exact) mass is 568 g/mol. The van der Waals surface area contributed by atoms with E-state index in [-0.39, 0.29) is 24.0 Å². The summed E-state index contributed by atoms with van der Waals surface area (Å²) in [7, 11) is 1.64. The fourth-order valence-corrected chi connectivity index (χ4v) is 3.66. The second kappa shape index (κ2) is 14.1. The third-order valence-electron chi connectivity index (χ3n) is 5.44. The van der Waals surface area contributed by atoms with Crippen molar-refractivity contribution in [2.45, 2.75) is 27.3 Å². The Kier molecular flexibility index (Phi) is 11.5. The Hall–Kier alpha value is -2.27. The van der Waals surface area contributed by atoms with E-state index in [1.54, 1.807) is 7.11 Å². The Labute approximate surface area is 214 Å². The maximum Gasteiger partial charge on any atom is 0.196 e. The summed E-state index contributed by atoms with van der Waals surface area (Å²) < 4.78 is 11.1. The van der Waals surface area contributed by atoms with Gasteiger partial charge in [0.15, 0.2) is 17.5 Å². The highest BCUT2D eigenvalue weighted by Crippen LogP contribution is 2.30. The lowest BCUT2D eigenvalue weighted by Gasteiger charge is -2.34. The van der Waals surface area contributed by atoms with E-state index in [0.717, 1.165) is 62.3 Å². The summed E-state index contributed by atoms with van der Waals surface area (Å²) in [6, 6.07) is 9.95. The average Bonchev–Trinajstić information content (AvgIpc) is 2.83. The van der Waals surface area contributed by atoms with Crippen molar-refractivity contribution < 1.29 is 9.47 Å². The largest absolute Gasteiger partial charge is 0.493 e. The van der Waals surface area contributed by atoms with Crippen LogP contribution in [0.3, 0.4) is 0 Å². The number of ether oxygens (including phenoxy) is 2. The van der Waals surface area contributed by atoms with Crippen LogP contribution in [0.4, 0.5) is 11.5 Å². The number of nitrogens with zero attached hydrogens (tertiary/aromatic N) is 4. The van der Waals surface area contributed by atoms with E-state index in [1.807, 2.05) is 37.4 Å². The summed E-state index contributed by atoms with van der Waals surface area (Å²) in [6.07, 6.45) is 1.88. The zero-order chi connectivity index (χ0) is 22.8. The minimum Gasteiger partial charge on any atom is -0.493 e. The van der Waals surface area contributed by atoms with Gasteiger partial charge in [-0.15, -0.1) is 24.0 Å². The Balaban J connectivity index is 0.00000385. The molecule has 0 atom stereocenters. The number of pyridine rings is 1. The molecule has 8 nitrogen and oxygen atoms in total. The highest BCUT2D eigenvalue weighted by molar-refractivity contribution is 14.0. The molecule has 1 fully saturated rings. The Bertz CT molecular complexity index is 887. The van der Waals surface area contributed by atoms with Crippen molar-refractivity contribution in [2.75, 3.05) is 63.2 Å². The van der Waals surface area contributed by atoms with Gasteiger partial charge >= 0.3 is 0 Å². The lowest BCUT2D eigenvalue weighted by atomic mass is 10.2. The van der Waals surface area contributed by atoms with Crippen LogP contribution in [0.25, 0.3) is 0 Å². The van der Waals surface area contributed by atoms with Crippen LogP contribution in [0.2, 0.25) is 0 Å². The van der Waals surface area contributed by atoms with Gasteiger partial charge in [0.25, 0.3) is 0 Å². The summed E-state index contributed by atoms with van der Waals surface area (Å²) in [5, 5.41) is 6.67. The Morgan fingerprint density at radius 3 is 2.52 bits per heavy atom. The molecule has 1 aromatic heterocycles. The maximum absolute atomic E-state index is 5.68. The lowest BCUT2D eigenvalue weighted by Crippen LogP contribution is -2.46. The van der Waals surface area contributed by atoms with E-state index in [2.05, 4.69) is 45.3 Å². The summed E-state index contributed by atoms with van der Waals surface area (Å²) in [4.78, 5) is 14.2. The van der Waals surface area contributed by atoms with Crippen molar-refractivity contribution in [1.82, 2.24) is 15.2 Å². The number of benzene rings is 1. The number of aliphatic imine (C=N–C) groups is 1. The molecule has 2 heterocycles. The van der Waals surface area contributed by atoms with Crippen LogP contribution in [0.15, 0.2) is 41.5 Å². The molecule has 2 N–H and O–H groups in total. The van der Waals surface area contributed by atoms with Crippen molar-refractivity contribution >= 4 is 41.4 Å². The molecule has 0 saturated carbocycles. The Morgan fingerprint density at radius 1 is 1.06 bits per heavy atom. The van der Waals surface area contributed by atoms with Crippen molar-refractivity contribution in [1.29, 1.82) is 0 Å². The number of guanidine groups is 1. The van der Waals surface area contributed by atoms with E-state index in [1.165, 1.54) is 0 Å². The van der Waals surface area contributed by atoms with Gasteiger partial charge in [0.05, 0.1) is 20.3 Å². The first kappa shape index (κ1) is 27.0. The van der Waals surface area contributed by atoms with Gasteiger partial charge in [0.1, 0.15) is 5.82 Å². The zero-order valence-corrected chi connectivity index (χ0v) is 22.5. The number of methoxy groups -OCH3 is 1. The molecule has 33 heavy (non-hydrogen) atoms. The average molecular weight is 569 g/mol. The molecular weight excluding hydrogens is 531 g/mol. The number of likely N-dealkylation sites (N-methyl/N-ethyl adjacent to an activating group) is 1. The predicted octanol–water partition coefficient (Wildman–Crippen LogP) is 3.83. The van der Waals surface area contributed by atoms with Gasteiger partial charge in [0, 0.05) is 50.7 Å². The Morgan fingerprint density at radius 2 is 1.85 bits per heavy atom. The third kappa shape index (κ3) is 7.92. The van der Waals surface area contributed by atoms with Crippen LogP contribution in [0.1, 0.15) is 26.3 Å². The fourth-order valence-electron chi connectivity index (χ4n) is 3.66. The van der Waals surface area contributed by atoms with Crippen molar-refractivity contribution in [2.24, 2.45) is 4.99 Å². The van der Waals surface area contributed by atoms with Crippen molar-refractivity contribution in [3.8, 4) is 11.5 Å². The van der Waals surface area contributed by atoms with Gasteiger partial charge in [-0.05, 0) is 50.2 Å². The number of hydrogen-bond donors (Lipinski definition) is 2. The van der Waals surface area contributed by atoms with Gasteiger partial charge in [-0.1, -0.05) is 6.92 Å². The van der Waals surface area contributed by atoms with Gasteiger partial charge in [-0.3, -0.25) is 0 Å². The highest BCUT2D eigenvalue weighted by atomic mass is 127. The quantitative estimate of drug-likeness (QED) is 0.271. The van der Waals surface area contributed by atoms with Crippen LogP contribution in [0, 0.1) is 0 Å². The molecule has 0 aliphatic carbocycles.